The van der Waals surface area contributed by atoms with Crippen LogP contribution in [0.2, 0.25) is 10.0 Å². The predicted molar refractivity (Wildman–Crippen MR) is 132 cm³/mol. The van der Waals surface area contributed by atoms with E-state index in [9.17, 15) is 9.59 Å². The number of unbranched alkanes of at least 4 members (excludes halogenated alkanes) is 1. The van der Waals surface area contributed by atoms with Crippen molar-refractivity contribution in [2.45, 2.75) is 31.1 Å². The molecule has 1 aromatic heterocycles. The number of benzene rings is 2. The summed E-state index contributed by atoms with van der Waals surface area (Å²) in [5.74, 6) is 0.0790. The highest BCUT2D eigenvalue weighted by Crippen LogP contribution is 2.30. The average Bonchev–Trinajstić information content (AvgIpc) is 3.21. The maximum absolute atomic E-state index is 12.3. The van der Waals surface area contributed by atoms with Crippen LogP contribution in [0.25, 0.3) is 11.3 Å². The van der Waals surface area contributed by atoms with Gasteiger partial charge in [-0.3, -0.25) is 9.59 Å². The highest BCUT2D eigenvalue weighted by molar-refractivity contribution is 8.00. The van der Waals surface area contributed by atoms with E-state index in [1.807, 2.05) is 35.7 Å². The Hall–Kier alpha value is -2.06. The molecule has 3 aromatic rings. The zero-order chi connectivity index (χ0) is 22.2. The van der Waals surface area contributed by atoms with Crippen LogP contribution in [0.15, 0.2) is 52.7 Å². The van der Waals surface area contributed by atoms with Gasteiger partial charge in [0.15, 0.2) is 5.13 Å². The molecule has 0 saturated carbocycles. The van der Waals surface area contributed by atoms with Gasteiger partial charge in [0.05, 0.1) is 21.5 Å². The second-order valence-electron chi connectivity index (χ2n) is 6.68. The van der Waals surface area contributed by atoms with E-state index < -0.39 is 0 Å². The van der Waals surface area contributed by atoms with Crippen molar-refractivity contribution < 1.29 is 9.59 Å². The molecule has 2 N–H and O–H groups in total. The van der Waals surface area contributed by atoms with Crippen LogP contribution in [0.3, 0.4) is 0 Å². The number of aromatic nitrogens is 1. The van der Waals surface area contributed by atoms with Gasteiger partial charge in [-0.15, -0.1) is 23.1 Å². The minimum Gasteiger partial charge on any atom is -0.326 e. The highest BCUT2D eigenvalue weighted by Gasteiger charge is 2.10. The molecular weight excluding hydrogens is 473 g/mol. The lowest BCUT2D eigenvalue weighted by atomic mass is 10.2. The van der Waals surface area contributed by atoms with Gasteiger partial charge < -0.3 is 10.6 Å². The number of hydrogen-bond donors (Lipinski definition) is 2. The summed E-state index contributed by atoms with van der Waals surface area (Å²) in [6, 6.07) is 12.8. The fourth-order valence-electron chi connectivity index (χ4n) is 2.65. The molecule has 0 aliphatic rings. The first-order chi connectivity index (χ1) is 14.9. The standard InChI is InChI=1S/C22H21Cl2N3O2S2/c1-2-3-7-20(28)25-15-5-4-6-16(11-15)30-13-21(29)27-22-26-19(12-31-22)14-8-9-17(23)18(24)10-14/h4-6,8-12H,2-3,7,13H2,1H3,(H,25,28)(H,26,27,29). The summed E-state index contributed by atoms with van der Waals surface area (Å²) in [4.78, 5) is 29.6. The zero-order valence-electron chi connectivity index (χ0n) is 16.8. The first-order valence-electron chi connectivity index (χ1n) is 9.68. The predicted octanol–water partition coefficient (Wildman–Crippen LogP) is 6.98. The molecule has 0 fully saturated rings. The summed E-state index contributed by atoms with van der Waals surface area (Å²) in [6.45, 7) is 2.05. The van der Waals surface area contributed by atoms with E-state index in [0.717, 1.165) is 34.7 Å². The lowest BCUT2D eigenvalue weighted by molar-refractivity contribution is -0.116. The molecule has 2 aromatic carbocycles. The van der Waals surface area contributed by atoms with Crippen LogP contribution in [-0.2, 0) is 9.59 Å². The minimum absolute atomic E-state index is 0.00305. The van der Waals surface area contributed by atoms with Gasteiger partial charge in [0, 0.05) is 27.9 Å². The quantitative estimate of drug-likeness (QED) is 0.315. The number of thioether (sulfide) groups is 1. The Morgan fingerprint density at radius 1 is 1.06 bits per heavy atom. The Morgan fingerprint density at radius 2 is 1.90 bits per heavy atom. The van der Waals surface area contributed by atoms with Gasteiger partial charge in [-0.25, -0.2) is 4.98 Å². The fraction of sp³-hybridized carbons (Fsp3) is 0.227. The van der Waals surface area contributed by atoms with Crippen molar-refractivity contribution in [3.05, 3.63) is 57.9 Å². The van der Waals surface area contributed by atoms with Crippen LogP contribution in [0, 0.1) is 0 Å². The third-order valence-corrected chi connectivity index (χ3v) is 6.70. The molecule has 0 bridgehead atoms. The summed E-state index contributed by atoms with van der Waals surface area (Å²) in [5.41, 5.74) is 2.29. The molecule has 9 heteroatoms. The first-order valence-corrected chi connectivity index (χ1v) is 12.3. The second-order valence-corrected chi connectivity index (χ2v) is 9.40. The summed E-state index contributed by atoms with van der Waals surface area (Å²) >= 11 is 14.8. The van der Waals surface area contributed by atoms with Crippen LogP contribution in [0.4, 0.5) is 10.8 Å². The number of carbonyl (C=O) groups is 2. The SMILES string of the molecule is CCCCC(=O)Nc1cccc(SCC(=O)Nc2nc(-c3ccc(Cl)c(Cl)c3)cs2)c1. The normalized spacial score (nSPS) is 10.7. The third kappa shape index (κ3) is 7.25. The van der Waals surface area contributed by atoms with E-state index in [-0.39, 0.29) is 17.6 Å². The summed E-state index contributed by atoms with van der Waals surface area (Å²) in [6.07, 6.45) is 2.35. The molecule has 0 spiro atoms. The Labute approximate surface area is 199 Å². The third-order valence-electron chi connectivity index (χ3n) is 4.21. The van der Waals surface area contributed by atoms with Crippen molar-refractivity contribution in [1.82, 2.24) is 4.98 Å². The van der Waals surface area contributed by atoms with Crippen molar-refractivity contribution in [2.24, 2.45) is 0 Å². The van der Waals surface area contributed by atoms with Crippen LogP contribution in [0.1, 0.15) is 26.2 Å². The highest BCUT2D eigenvalue weighted by atomic mass is 35.5. The Balaban J connectivity index is 1.52. The summed E-state index contributed by atoms with van der Waals surface area (Å²) in [7, 11) is 0. The average molecular weight is 494 g/mol. The monoisotopic (exact) mass is 493 g/mol. The number of nitrogens with zero attached hydrogens (tertiary/aromatic N) is 1. The number of amides is 2. The van der Waals surface area contributed by atoms with Gasteiger partial charge in [-0.1, -0.05) is 48.7 Å². The molecule has 1 heterocycles. The van der Waals surface area contributed by atoms with Gasteiger partial charge in [-0.2, -0.15) is 0 Å². The summed E-state index contributed by atoms with van der Waals surface area (Å²) < 4.78 is 0. The number of halogens is 2. The molecule has 0 unspecified atom stereocenters. The molecule has 162 valence electrons. The molecule has 2 amide bonds. The van der Waals surface area contributed by atoms with E-state index >= 15 is 0 Å². The number of carbonyl (C=O) groups excluding carboxylic acids is 2. The molecule has 3 rings (SSSR count). The van der Waals surface area contributed by atoms with Gasteiger partial charge in [0.25, 0.3) is 0 Å². The molecule has 0 radical (unpaired) electrons. The van der Waals surface area contributed by atoms with E-state index in [2.05, 4.69) is 22.5 Å². The van der Waals surface area contributed by atoms with Crippen LogP contribution in [-0.4, -0.2) is 22.6 Å². The van der Waals surface area contributed by atoms with Crippen LogP contribution < -0.4 is 10.6 Å². The molecular formula is C22H21Cl2N3O2S2. The lowest BCUT2D eigenvalue weighted by Crippen LogP contribution is -2.14. The van der Waals surface area contributed by atoms with Crippen molar-refractivity contribution in [2.75, 3.05) is 16.4 Å². The van der Waals surface area contributed by atoms with Gasteiger partial charge in [0.1, 0.15) is 0 Å². The van der Waals surface area contributed by atoms with Crippen LogP contribution >= 0.6 is 46.3 Å². The van der Waals surface area contributed by atoms with Crippen molar-refractivity contribution in [3.63, 3.8) is 0 Å². The van der Waals surface area contributed by atoms with E-state index in [0.29, 0.717) is 21.6 Å². The molecule has 0 aliphatic carbocycles. The number of nitrogens with one attached hydrogen (secondary N) is 2. The lowest BCUT2D eigenvalue weighted by Gasteiger charge is -2.07. The molecule has 0 saturated heterocycles. The maximum Gasteiger partial charge on any atom is 0.236 e. The molecule has 31 heavy (non-hydrogen) atoms. The number of hydrogen-bond acceptors (Lipinski definition) is 5. The fourth-order valence-corrected chi connectivity index (χ4v) is 4.44. The maximum atomic E-state index is 12.3. The summed E-state index contributed by atoms with van der Waals surface area (Å²) in [5, 5.41) is 9.02. The largest absolute Gasteiger partial charge is 0.326 e. The van der Waals surface area contributed by atoms with E-state index in [4.69, 9.17) is 23.2 Å². The van der Waals surface area contributed by atoms with Gasteiger partial charge in [0.2, 0.25) is 11.8 Å². The Morgan fingerprint density at radius 3 is 2.68 bits per heavy atom. The molecule has 0 aliphatic heterocycles. The van der Waals surface area contributed by atoms with E-state index in [1.54, 1.807) is 12.1 Å². The zero-order valence-corrected chi connectivity index (χ0v) is 19.9. The first kappa shape index (κ1) is 23.6. The topological polar surface area (TPSA) is 71.1 Å². The van der Waals surface area contributed by atoms with Gasteiger partial charge in [-0.05, 0) is 36.8 Å². The smallest absolute Gasteiger partial charge is 0.236 e. The molecule has 5 nitrogen and oxygen atoms in total. The number of anilines is 2. The Bertz CT molecular complexity index is 1070. The van der Waals surface area contributed by atoms with E-state index in [1.165, 1.54) is 23.1 Å². The molecule has 0 atom stereocenters. The van der Waals surface area contributed by atoms with Crippen molar-refractivity contribution in [1.29, 1.82) is 0 Å². The van der Waals surface area contributed by atoms with Crippen molar-refractivity contribution in [3.8, 4) is 11.3 Å². The second kappa shape index (κ2) is 11.5. The van der Waals surface area contributed by atoms with Crippen molar-refractivity contribution >= 4 is 68.9 Å². The Kier molecular flexibility index (Phi) is 8.78. The number of rotatable bonds is 9. The minimum atomic E-state index is -0.155. The van der Waals surface area contributed by atoms with Crippen LogP contribution in [0.5, 0.6) is 0 Å². The number of thiazole rings is 1. The van der Waals surface area contributed by atoms with Gasteiger partial charge >= 0.3 is 0 Å².